The molecule has 8 nitrogen and oxygen atoms in total. The van der Waals surface area contributed by atoms with E-state index in [-0.39, 0.29) is 18.1 Å². The lowest BCUT2D eigenvalue weighted by Crippen LogP contribution is -2.35. The summed E-state index contributed by atoms with van der Waals surface area (Å²) in [6.07, 6.45) is 4.84. The number of nitrogens with two attached hydrogens (primary N) is 1. The molecule has 5 rings (SSSR count). The zero-order chi connectivity index (χ0) is 25.1. The minimum Gasteiger partial charge on any atom is -0.496 e. The van der Waals surface area contributed by atoms with Gasteiger partial charge in [0.15, 0.2) is 5.82 Å². The summed E-state index contributed by atoms with van der Waals surface area (Å²) in [5, 5.41) is 18.3. The first-order chi connectivity index (χ1) is 17.6. The summed E-state index contributed by atoms with van der Waals surface area (Å²) in [4.78, 5) is 9.22. The monoisotopic (exact) mass is 488 g/mol. The van der Waals surface area contributed by atoms with E-state index in [1.165, 1.54) is 0 Å². The number of hydrogen-bond donors (Lipinski definition) is 4. The highest BCUT2D eigenvalue weighted by Crippen LogP contribution is 2.34. The number of unbranched alkanes of at least 4 members (excludes halogenated alkanes) is 1. The van der Waals surface area contributed by atoms with Crippen LogP contribution < -0.4 is 21.1 Å². The Morgan fingerprint density at radius 3 is 2.81 bits per heavy atom. The predicted molar refractivity (Wildman–Crippen MR) is 145 cm³/mol. The van der Waals surface area contributed by atoms with Crippen LogP contribution in [0.2, 0.25) is 0 Å². The second kappa shape index (κ2) is 10.7. The van der Waals surface area contributed by atoms with Crippen molar-refractivity contribution in [3.63, 3.8) is 0 Å². The molecule has 0 radical (unpaired) electrons. The van der Waals surface area contributed by atoms with E-state index in [1.54, 1.807) is 7.11 Å². The Hall–Kier alpha value is -3.36. The van der Waals surface area contributed by atoms with Crippen LogP contribution >= 0.6 is 0 Å². The first kappa shape index (κ1) is 24.3. The third-order valence-electron chi connectivity index (χ3n) is 7.17. The van der Waals surface area contributed by atoms with E-state index in [0.717, 1.165) is 83.3 Å². The fourth-order valence-electron chi connectivity index (χ4n) is 5.28. The molecule has 0 bridgehead atoms. The van der Waals surface area contributed by atoms with Crippen molar-refractivity contribution < 1.29 is 9.84 Å². The lowest BCUT2D eigenvalue weighted by atomic mass is 10.1. The van der Waals surface area contributed by atoms with Crippen molar-refractivity contribution >= 4 is 33.7 Å². The maximum atomic E-state index is 10.2. The van der Waals surface area contributed by atoms with Crippen LogP contribution in [0.5, 0.6) is 5.75 Å². The van der Waals surface area contributed by atoms with E-state index in [4.69, 9.17) is 10.5 Å². The predicted octanol–water partition coefficient (Wildman–Crippen LogP) is 4.44. The highest BCUT2D eigenvalue weighted by molar-refractivity contribution is 6.09. The number of nitrogens with zero attached hydrogens (tertiary/aromatic N) is 3. The van der Waals surface area contributed by atoms with Gasteiger partial charge in [0.1, 0.15) is 16.8 Å². The molecule has 2 aromatic heterocycles. The number of methoxy groups -OCH3 is 1. The lowest BCUT2D eigenvalue weighted by molar-refractivity contribution is 0.148. The Labute approximate surface area is 211 Å². The van der Waals surface area contributed by atoms with Gasteiger partial charge >= 0.3 is 0 Å². The molecular formula is C28H36N6O2. The maximum absolute atomic E-state index is 10.2. The third-order valence-corrected chi connectivity index (χ3v) is 7.17. The minimum atomic E-state index is -0.258. The molecule has 5 N–H and O–H groups in total. The third kappa shape index (κ3) is 4.83. The Balaban J connectivity index is 1.55. The number of para-hydroxylation sites is 1. The highest BCUT2D eigenvalue weighted by atomic mass is 16.5. The van der Waals surface area contributed by atoms with E-state index in [1.807, 2.05) is 18.2 Å². The van der Waals surface area contributed by atoms with Crippen molar-refractivity contribution in [1.82, 2.24) is 19.9 Å². The highest BCUT2D eigenvalue weighted by Gasteiger charge is 2.24. The van der Waals surface area contributed by atoms with E-state index in [9.17, 15) is 5.11 Å². The number of benzene rings is 2. The van der Waals surface area contributed by atoms with Gasteiger partial charge in [0.05, 0.1) is 25.3 Å². The Morgan fingerprint density at radius 1 is 1.17 bits per heavy atom. The molecule has 1 aliphatic carbocycles. The van der Waals surface area contributed by atoms with Crippen molar-refractivity contribution in [2.45, 2.75) is 64.3 Å². The van der Waals surface area contributed by atoms with Crippen molar-refractivity contribution in [3.05, 3.63) is 53.6 Å². The molecule has 0 saturated heterocycles. The Morgan fingerprint density at radius 2 is 2.03 bits per heavy atom. The average Bonchev–Trinajstić information content (AvgIpc) is 3.44. The smallest absolute Gasteiger partial charge is 0.222 e. The number of nitrogens with one attached hydrogen (secondary N) is 2. The van der Waals surface area contributed by atoms with Crippen LogP contribution in [0, 0.1) is 0 Å². The molecule has 1 fully saturated rings. The molecule has 36 heavy (non-hydrogen) atoms. The van der Waals surface area contributed by atoms with Crippen LogP contribution in [0.1, 0.15) is 50.2 Å². The summed E-state index contributed by atoms with van der Waals surface area (Å²) < 4.78 is 8.01. The molecule has 2 heterocycles. The van der Waals surface area contributed by atoms with E-state index in [0.29, 0.717) is 13.1 Å². The molecule has 8 heteroatoms. The minimum absolute atomic E-state index is 0.159. The van der Waals surface area contributed by atoms with Gasteiger partial charge in [-0.1, -0.05) is 37.6 Å². The Kier molecular flexibility index (Phi) is 7.25. The van der Waals surface area contributed by atoms with Gasteiger partial charge in [-0.25, -0.2) is 4.98 Å². The molecule has 2 aromatic carbocycles. The van der Waals surface area contributed by atoms with Gasteiger partial charge in [-0.15, -0.1) is 0 Å². The van der Waals surface area contributed by atoms with E-state index < -0.39 is 0 Å². The summed E-state index contributed by atoms with van der Waals surface area (Å²) in [6.45, 7) is 4.30. The SMILES string of the molecule is CCCCNc1nc(N)nc2c3ccccc3n(Cc3cc(CNC4CCCC4O)ccc3OC)c12. The fourth-order valence-corrected chi connectivity index (χ4v) is 5.28. The summed E-state index contributed by atoms with van der Waals surface area (Å²) in [7, 11) is 1.71. The number of ether oxygens (including phenoxy) is 1. The van der Waals surface area contributed by atoms with Gasteiger partial charge < -0.3 is 30.8 Å². The molecule has 2 atom stereocenters. The van der Waals surface area contributed by atoms with Crippen LogP contribution in [0.25, 0.3) is 21.9 Å². The van der Waals surface area contributed by atoms with Gasteiger partial charge in [0.25, 0.3) is 0 Å². The number of nitrogen functional groups attached to an aromatic ring is 1. The van der Waals surface area contributed by atoms with Gasteiger partial charge in [-0.2, -0.15) is 4.98 Å². The first-order valence-corrected chi connectivity index (χ1v) is 12.9. The molecule has 0 aliphatic heterocycles. The molecule has 190 valence electrons. The zero-order valence-electron chi connectivity index (χ0n) is 21.1. The molecule has 0 spiro atoms. The fraction of sp³-hybridized carbons (Fsp3) is 0.429. The number of aliphatic hydroxyl groups excluding tert-OH is 1. The maximum Gasteiger partial charge on any atom is 0.222 e. The van der Waals surface area contributed by atoms with Gasteiger partial charge in [0.2, 0.25) is 5.95 Å². The number of aliphatic hydroxyl groups is 1. The van der Waals surface area contributed by atoms with Crippen LogP contribution in [0.4, 0.5) is 11.8 Å². The normalized spacial score (nSPS) is 17.8. The second-order valence-electron chi connectivity index (χ2n) is 9.64. The van der Waals surface area contributed by atoms with Crippen molar-refractivity contribution in [3.8, 4) is 5.75 Å². The molecule has 1 saturated carbocycles. The molecule has 1 aliphatic rings. The van der Waals surface area contributed by atoms with Crippen LogP contribution in [-0.2, 0) is 13.1 Å². The number of hydrogen-bond acceptors (Lipinski definition) is 7. The zero-order valence-corrected chi connectivity index (χ0v) is 21.1. The quantitative estimate of drug-likeness (QED) is 0.244. The number of aromatic nitrogens is 3. The Bertz CT molecular complexity index is 1350. The molecule has 4 aromatic rings. The van der Waals surface area contributed by atoms with Gasteiger partial charge in [0, 0.05) is 30.1 Å². The van der Waals surface area contributed by atoms with Crippen LogP contribution in [0.15, 0.2) is 42.5 Å². The number of anilines is 2. The topological polar surface area (TPSA) is 110 Å². The van der Waals surface area contributed by atoms with Crippen molar-refractivity contribution in [1.29, 1.82) is 0 Å². The summed E-state index contributed by atoms with van der Waals surface area (Å²) >= 11 is 0. The second-order valence-corrected chi connectivity index (χ2v) is 9.64. The molecule has 2 unspecified atom stereocenters. The summed E-state index contributed by atoms with van der Waals surface area (Å²) in [6, 6.07) is 14.7. The lowest BCUT2D eigenvalue weighted by Gasteiger charge is -2.18. The van der Waals surface area contributed by atoms with Crippen molar-refractivity contribution in [2.24, 2.45) is 0 Å². The summed E-state index contributed by atoms with van der Waals surface area (Å²) in [5.74, 6) is 1.86. The van der Waals surface area contributed by atoms with Crippen LogP contribution in [-0.4, -0.2) is 45.4 Å². The number of rotatable bonds is 10. The standard InChI is InChI=1S/C28H36N6O2/c1-3-4-14-30-27-26-25(32-28(29)33-27)20-8-5-6-10-22(20)34(26)17-19-15-18(12-13-24(19)36-2)16-31-21-9-7-11-23(21)35/h5-6,8,10,12-13,15,21,23,31,35H,3-4,7,9,11,14,16-17H2,1-2H3,(H3,29,30,32,33). The average molecular weight is 489 g/mol. The van der Waals surface area contributed by atoms with Crippen LogP contribution in [0.3, 0.4) is 0 Å². The van der Waals surface area contributed by atoms with Crippen molar-refractivity contribution in [2.75, 3.05) is 24.7 Å². The van der Waals surface area contributed by atoms with E-state index >= 15 is 0 Å². The number of fused-ring (bicyclic) bond motifs is 3. The first-order valence-electron chi connectivity index (χ1n) is 12.9. The molecule has 0 amide bonds. The summed E-state index contributed by atoms with van der Waals surface area (Å²) in [5.41, 5.74) is 11.2. The van der Waals surface area contributed by atoms with E-state index in [2.05, 4.69) is 56.4 Å². The molecular weight excluding hydrogens is 452 g/mol. The van der Waals surface area contributed by atoms with Gasteiger partial charge in [-0.05, 0) is 49.4 Å². The van der Waals surface area contributed by atoms with Gasteiger partial charge in [-0.3, -0.25) is 0 Å². The largest absolute Gasteiger partial charge is 0.496 e.